The molecule has 0 bridgehead atoms. The summed E-state index contributed by atoms with van der Waals surface area (Å²) in [6.07, 6.45) is -3.65. The molecular weight excluding hydrogens is 1000 g/mol. The molecule has 0 aromatic carbocycles. The maximum absolute atomic E-state index is 11.9. The molecule has 24 nitrogen and oxygen atoms in total. The summed E-state index contributed by atoms with van der Waals surface area (Å²) in [5.74, 6) is -0.357. The van der Waals surface area contributed by atoms with Crippen LogP contribution in [0.25, 0.3) is 0 Å². The molecule has 1 aromatic heterocycles. The van der Waals surface area contributed by atoms with E-state index in [2.05, 4.69) is 50.3 Å². The second-order valence-electron chi connectivity index (χ2n) is 10.0. The van der Waals surface area contributed by atoms with E-state index < -0.39 is 83.1 Å². The van der Waals surface area contributed by atoms with E-state index in [0.717, 1.165) is 0 Å². The monoisotopic (exact) mass is 1030 g/mol. The molecule has 0 radical (unpaired) electrons. The van der Waals surface area contributed by atoms with Gasteiger partial charge in [-0.3, -0.25) is 34.3 Å². The fraction of sp³-hybridized carbons (Fsp3) is 0.450. The number of hydrogen-bond acceptors (Lipinski definition) is 24. The number of nitrogens with two attached hydrogens (primary N) is 2. The summed E-state index contributed by atoms with van der Waals surface area (Å²) in [5.41, 5.74) is 10.6. The van der Waals surface area contributed by atoms with Gasteiger partial charge in [-0.25, -0.2) is 4.99 Å². The number of aromatic amines is 1. The summed E-state index contributed by atoms with van der Waals surface area (Å²) in [4.78, 5) is 77.8. The molecule has 0 spiro atoms. The van der Waals surface area contributed by atoms with Crippen molar-refractivity contribution in [3.05, 3.63) is 30.0 Å². The first-order valence-electron chi connectivity index (χ1n) is 13.1. The minimum atomic E-state index is -4.93. The standard InChI is InChI=1S/2C10H14N5O6PS2.Mg.2H2O.W/c2*11-10-14-7-4(8(16)15-10)12-3-6(24)5(23)2(21-9(3)13-7)1-20-22(17,18)19;;;;/h2-3,9,12,23-24H,1H2,(H2,17,18,19)(H4,11,13,14,15,16);2-4,9,12,23-24H,1H2,(H2,17,18,19)(H3,11,13,14,15,16);;2*1H2;/q;;+2;;;/p-8/t2-,3+,9-;2-,3+,4?,9-;;;;/m11..../s1. The van der Waals surface area contributed by atoms with Gasteiger partial charge in [-0.1, -0.05) is 0 Å². The topological polar surface area (TPSA) is 405 Å². The predicted molar refractivity (Wildman–Crippen MR) is 180 cm³/mol. The Hall–Kier alpha value is -1.28. The molecule has 1 aromatic rings. The quantitative estimate of drug-likeness (QED) is 0.0727. The van der Waals surface area contributed by atoms with Crippen LogP contribution >= 0.6 is 15.6 Å². The number of phosphoric ester groups is 2. The van der Waals surface area contributed by atoms with Crippen LogP contribution in [0.5, 0.6) is 0 Å². The fourth-order valence-electron chi connectivity index (χ4n) is 4.71. The van der Waals surface area contributed by atoms with Crippen LogP contribution < -0.4 is 48.1 Å². The molecule has 13 N–H and O–H groups in total. The average Bonchev–Trinajstić information content (AvgIpc) is 2.97. The first kappa shape index (κ1) is 48.7. The Morgan fingerprint density at radius 2 is 1.42 bits per heavy atom. The van der Waals surface area contributed by atoms with Crippen molar-refractivity contribution in [1.82, 2.24) is 20.6 Å². The van der Waals surface area contributed by atoms with Crippen molar-refractivity contribution in [3.63, 3.8) is 0 Å². The van der Waals surface area contributed by atoms with E-state index in [4.69, 9.17) is 81.2 Å². The molecule has 6 heterocycles. The molecule has 0 fully saturated rings. The number of rotatable bonds is 6. The van der Waals surface area contributed by atoms with E-state index >= 15 is 0 Å². The van der Waals surface area contributed by atoms with Crippen molar-refractivity contribution in [2.24, 2.45) is 15.7 Å². The normalized spacial score (nSPS) is 29.2. The van der Waals surface area contributed by atoms with Gasteiger partial charge in [0.05, 0.1) is 37.5 Å². The maximum atomic E-state index is 11.9. The Morgan fingerprint density at radius 1 is 0.885 bits per heavy atom. The second-order valence-corrected chi connectivity index (χ2v) is 14.2. The molecule has 32 heteroatoms. The molecule has 6 rings (SSSR count). The van der Waals surface area contributed by atoms with E-state index in [-0.39, 0.29) is 104 Å². The number of ether oxygens (including phenoxy) is 2. The number of amidine groups is 1. The van der Waals surface area contributed by atoms with Gasteiger partial charge in [0.1, 0.15) is 11.7 Å². The minimum Gasteiger partial charge on any atom is -0.870 e. The van der Waals surface area contributed by atoms with E-state index in [9.17, 15) is 28.5 Å². The molecule has 3 unspecified atom stereocenters. The number of amides is 1. The average molecular weight is 1030 g/mol. The van der Waals surface area contributed by atoms with Gasteiger partial charge < -0.3 is 122 Å². The largest absolute Gasteiger partial charge is 2.00 e. The zero-order chi connectivity index (χ0) is 35.3. The van der Waals surface area contributed by atoms with Gasteiger partial charge in [-0.2, -0.15) is 29.6 Å². The first-order chi connectivity index (χ1) is 22.3. The van der Waals surface area contributed by atoms with Crippen LogP contribution in [-0.2, 0) is 104 Å². The molecule has 0 aliphatic carbocycles. The maximum Gasteiger partial charge on any atom is 2.00 e. The number of carbonyl (C=O) groups is 1. The van der Waals surface area contributed by atoms with E-state index in [0.29, 0.717) is 0 Å². The first-order valence-corrected chi connectivity index (χ1v) is 17.7. The third-order valence-corrected chi connectivity index (χ3v) is 9.87. The van der Waals surface area contributed by atoms with E-state index in [1.54, 1.807) is 0 Å². The number of H-pyrrole nitrogens is 1. The molecular formula is C20H24MgN10O14P2S4W-6. The van der Waals surface area contributed by atoms with Gasteiger partial charge in [0.25, 0.3) is 27.1 Å². The zero-order valence-corrected chi connectivity index (χ0v) is 34.9. The Labute approximate surface area is 344 Å². The SMILES string of the molecule is NC1=NC2=N[C@@H]3O[C@H](COP(=O)([O-])O)C([S-])=C([S-])[C@@H]3NC2C(=O)N1.Nc1nc2c(c(=O)[nH]1)N[C@H]1C([S-])=C([S-])[C@@H](COP(=O)([O-])O)O[C@H]1N2.[Mg+2].[OH-].[OH-].[W]. The summed E-state index contributed by atoms with van der Waals surface area (Å²) in [5, 5.41) is 11.0. The molecule has 286 valence electrons. The molecule has 52 heavy (non-hydrogen) atoms. The number of fused-ring (bicyclic) bond motifs is 4. The number of phosphoric acid groups is 2. The van der Waals surface area contributed by atoms with E-state index in [1.165, 1.54) is 0 Å². The molecule has 5 aliphatic heterocycles. The number of hydrogen-bond donors (Lipinski definition) is 9. The molecule has 1 amide bonds. The fourth-order valence-corrected chi connectivity index (χ4v) is 6.49. The number of aromatic nitrogens is 2. The summed E-state index contributed by atoms with van der Waals surface area (Å²) in [6.45, 7) is -1.07. The zero-order valence-electron chi connectivity index (χ0n) is 25.5. The predicted octanol–water partition coefficient (Wildman–Crippen LogP) is -5.99. The van der Waals surface area contributed by atoms with Gasteiger partial charge in [0.15, 0.2) is 24.1 Å². The van der Waals surface area contributed by atoms with Crippen molar-refractivity contribution in [2.75, 3.05) is 29.6 Å². The van der Waals surface area contributed by atoms with Gasteiger partial charge >= 0.3 is 23.1 Å². The van der Waals surface area contributed by atoms with Gasteiger partial charge in [0.2, 0.25) is 11.9 Å². The van der Waals surface area contributed by atoms with Gasteiger partial charge in [-0.15, -0.1) is 0 Å². The van der Waals surface area contributed by atoms with E-state index in [1.807, 2.05) is 0 Å². The smallest absolute Gasteiger partial charge is 0.870 e. The third-order valence-electron chi connectivity index (χ3n) is 6.75. The number of aliphatic imine (C=N–C) groups is 2. The molecule has 9 atom stereocenters. The van der Waals surface area contributed by atoms with Crippen molar-refractivity contribution in [3.8, 4) is 0 Å². The van der Waals surface area contributed by atoms with Crippen LogP contribution in [0.15, 0.2) is 34.4 Å². The third kappa shape index (κ3) is 11.4. The number of nitrogens with zero attached hydrogens (tertiary/aromatic N) is 3. The van der Waals surface area contributed by atoms with Crippen LogP contribution in [0.3, 0.4) is 0 Å². The molecule has 0 saturated heterocycles. The summed E-state index contributed by atoms with van der Waals surface area (Å²) < 4.78 is 41.3. The number of guanidine groups is 1. The second kappa shape index (κ2) is 19.0. The van der Waals surface area contributed by atoms with Crippen molar-refractivity contribution < 1.29 is 84.0 Å². The summed E-state index contributed by atoms with van der Waals surface area (Å²) in [7, 11) is -9.86. The number of nitrogen functional groups attached to an aromatic ring is 1. The number of carbonyl (C=O) groups excluding carboxylic acids is 1. The van der Waals surface area contributed by atoms with Crippen LogP contribution in [0.1, 0.15) is 0 Å². The molecule has 0 saturated carbocycles. The molecule has 5 aliphatic rings. The van der Waals surface area contributed by atoms with Crippen LogP contribution in [0.2, 0.25) is 0 Å². The van der Waals surface area contributed by atoms with Crippen LogP contribution in [0.4, 0.5) is 17.5 Å². The number of nitrogens with one attached hydrogen (secondary N) is 5. The van der Waals surface area contributed by atoms with Crippen LogP contribution in [0, 0.1) is 0 Å². The summed E-state index contributed by atoms with van der Waals surface area (Å²) >= 11 is 20.8. The Balaban J connectivity index is 0.000000483. The number of anilines is 3. The van der Waals surface area contributed by atoms with Gasteiger partial charge in [-0.05, 0) is 0 Å². The minimum absolute atomic E-state index is 0. The van der Waals surface area contributed by atoms with Crippen molar-refractivity contribution in [2.45, 2.75) is 42.8 Å². The van der Waals surface area contributed by atoms with Crippen LogP contribution in [-0.4, -0.2) is 127 Å². The van der Waals surface area contributed by atoms with Crippen molar-refractivity contribution in [1.29, 1.82) is 0 Å². The van der Waals surface area contributed by atoms with Gasteiger partial charge in [0, 0.05) is 21.1 Å². The summed E-state index contributed by atoms with van der Waals surface area (Å²) in [6, 6.07) is -2.16. The van der Waals surface area contributed by atoms with Crippen molar-refractivity contribution >= 4 is 124 Å². The Kier molecular flexibility index (Phi) is 17.9. The Morgan fingerprint density at radius 3 is 1.98 bits per heavy atom. The Bertz CT molecular complexity index is 1800.